The molecule has 1 fully saturated rings. The Labute approximate surface area is 197 Å². The van der Waals surface area contributed by atoms with Gasteiger partial charge in [-0.3, -0.25) is 9.98 Å². The van der Waals surface area contributed by atoms with Gasteiger partial charge in [-0.2, -0.15) is 4.52 Å². The van der Waals surface area contributed by atoms with E-state index in [1.54, 1.807) is 11.6 Å². The van der Waals surface area contributed by atoms with E-state index < -0.39 is 0 Å². The van der Waals surface area contributed by atoms with Crippen molar-refractivity contribution in [3.8, 4) is 5.88 Å². The van der Waals surface area contributed by atoms with Gasteiger partial charge in [-0.25, -0.2) is 0 Å². The maximum absolute atomic E-state index is 6.18. The fraction of sp³-hybridized carbons (Fsp3) is 0.346. The highest BCUT2D eigenvalue weighted by Crippen LogP contribution is 2.33. The summed E-state index contributed by atoms with van der Waals surface area (Å²) in [5, 5.41) is 15.4. The zero-order chi connectivity index (χ0) is 22.9. The molecule has 0 N–H and O–H groups in total. The number of nitrogens with zero attached hydrogens (tertiary/aromatic N) is 6. The van der Waals surface area contributed by atoms with Crippen molar-refractivity contribution in [2.45, 2.75) is 32.3 Å². The number of aryl methyl sites for hydroxylation is 1. The van der Waals surface area contributed by atoms with Crippen LogP contribution in [0.4, 0.5) is 0 Å². The molecule has 2 aliphatic rings. The third-order valence-electron chi connectivity index (χ3n) is 6.36. The number of allylic oxidation sites excluding steroid dienone is 1. The predicted molar refractivity (Wildman–Crippen MR) is 129 cm³/mol. The van der Waals surface area contributed by atoms with Crippen molar-refractivity contribution in [2.24, 2.45) is 10.9 Å². The lowest BCUT2D eigenvalue weighted by Gasteiger charge is -2.10. The summed E-state index contributed by atoms with van der Waals surface area (Å²) in [5.74, 6) is 2.04. The van der Waals surface area contributed by atoms with Crippen LogP contribution in [0.15, 0.2) is 59.2 Å². The van der Waals surface area contributed by atoms with Gasteiger partial charge in [0.1, 0.15) is 12.3 Å². The summed E-state index contributed by atoms with van der Waals surface area (Å²) in [5.41, 5.74) is 4.67. The molecule has 1 saturated carbocycles. The van der Waals surface area contributed by atoms with E-state index in [-0.39, 0.29) is 0 Å². The van der Waals surface area contributed by atoms with E-state index in [4.69, 9.17) is 14.6 Å². The van der Waals surface area contributed by atoms with Gasteiger partial charge in [0.25, 0.3) is 0 Å². The summed E-state index contributed by atoms with van der Waals surface area (Å²) in [6.07, 6.45) is 9.10. The van der Waals surface area contributed by atoms with Gasteiger partial charge in [0, 0.05) is 24.1 Å². The Kier molecular flexibility index (Phi) is 5.50. The maximum Gasteiger partial charge on any atom is 0.240 e. The number of hydrogen-bond acceptors (Lipinski definition) is 7. The average Bonchev–Trinajstić information content (AvgIpc) is 3.42. The lowest BCUT2D eigenvalue weighted by molar-refractivity contribution is 0.225. The fourth-order valence-electron chi connectivity index (χ4n) is 4.31. The zero-order valence-corrected chi connectivity index (χ0v) is 19.1. The molecule has 0 saturated heterocycles. The molecule has 0 unspecified atom stereocenters. The van der Waals surface area contributed by atoms with Crippen molar-refractivity contribution in [1.82, 2.24) is 24.8 Å². The van der Waals surface area contributed by atoms with E-state index in [0.29, 0.717) is 37.1 Å². The standard InChI is InChI=1S/C26H26N6O2/c1-33-15-19-12-23(28-14-19)25-30-29-24-21-4-2-3-5-22(21)26(31-32(24)25)34-16-20-11-10-18(13-27-20)9-8-17-6-7-17/h2-5,10-13,17H,6-9,14-16H2,1H3. The summed E-state index contributed by atoms with van der Waals surface area (Å²) >= 11 is 0. The lowest BCUT2D eigenvalue weighted by atomic mass is 10.1. The molecule has 1 aliphatic heterocycles. The van der Waals surface area contributed by atoms with Gasteiger partial charge < -0.3 is 9.47 Å². The van der Waals surface area contributed by atoms with Crippen LogP contribution >= 0.6 is 0 Å². The highest BCUT2D eigenvalue weighted by atomic mass is 16.5. The van der Waals surface area contributed by atoms with E-state index in [1.807, 2.05) is 42.6 Å². The van der Waals surface area contributed by atoms with Gasteiger partial charge >= 0.3 is 0 Å². The van der Waals surface area contributed by atoms with Crippen molar-refractivity contribution >= 4 is 22.1 Å². The van der Waals surface area contributed by atoms with Gasteiger partial charge in [-0.05, 0) is 48.1 Å². The first-order valence-corrected chi connectivity index (χ1v) is 11.7. The molecule has 8 heteroatoms. The minimum Gasteiger partial charge on any atom is -0.470 e. The molecule has 8 nitrogen and oxygen atoms in total. The van der Waals surface area contributed by atoms with Crippen LogP contribution < -0.4 is 4.74 Å². The van der Waals surface area contributed by atoms with Crippen LogP contribution in [-0.2, 0) is 17.8 Å². The lowest BCUT2D eigenvalue weighted by Crippen LogP contribution is -2.08. The summed E-state index contributed by atoms with van der Waals surface area (Å²) in [4.78, 5) is 9.21. The van der Waals surface area contributed by atoms with E-state index in [1.165, 1.54) is 24.8 Å². The molecule has 3 aromatic heterocycles. The fourth-order valence-corrected chi connectivity index (χ4v) is 4.31. The Bertz CT molecular complexity index is 1400. The van der Waals surface area contributed by atoms with Crippen molar-refractivity contribution in [2.75, 3.05) is 20.3 Å². The van der Waals surface area contributed by atoms with Crippen molar-refractivity contribution < 1.29 is 9.47 Å². The van der Waals surface area contributed by atoms with Crippen LogP contribution in [-0.4, -0.2) is 50.8 Å². The van der Waals surface area contributed by atoms with E-state index in [0.717, 1.165) is 40.1 Å². The number of pyridine rings is 1. The van der Waals surface area contributed by atoms with Crippen LogP contribution in [0.2, 0.25) is 0 Å². The van der Waals surface area contributed by atoms with Crippen LogP contribution in [0.1, 0.15) is 36.3 Å². The molecule has 1 aromatic carbocycles. The number of ether oxygens (including phenoxy) is 2. The summed E-state index contributed by atoms with van der Waals surface area (Å²) in [7, 11) is 1.68. The Morgan fingerprint density at radius 3 is 2.71 bits per heavy atom. The number of rotatable bonds is 9. The summed E-state index contributed by atoms with van der Waals surface area (Å²) < 4.78 is 13.1. The zero-order valence-electron chi connectivity index (χ0n) is 19.1. The molecule has 6 rings (SSSR count). The largest absolute Gasteiger partial charge is 0.470 e. The molecular formula is C26H26N6O2. The Balaban J connectivity index is 1.28. The number of methoxy groups -OCH3 is 1. The average molecular weight is 455 g/mol. The van der Waals surface area contributed by atoms with E-state index in [2.05, 4.69) is 26.2 Å². The first-order valence-electron chi connectivity index (χ1n) is 11.7. The highest BCUT2D eigenvalue weighted by Gasteiger charge is 2.21. The third kappa shape index (κ3) is 4.17. The highest BCUT2D eigenvalue weighted by molar-refractivity contribution is 6.09. The second-order valence-corrected chi connectivity index (χ2v) is 8.98. The van der Waals surface area contributed by atoms with Crippen LogP contribution in [0.5, 0.6) is 5.88 Å². The SMILES string of the molecule is COCC1=CC(c2nnc3c4ccccc4c(OCc4ccc(CCC5CC5)cn4)nn23)=NC1. The van der Waals surface area contributed by atoms with Gasteiger partial charge in [0.2, 0.25) is 11.7 Å². The molecule has 0 amide bonds. The smallest absolute Gasteiger partial charge is 0.240 e. The Morgan fingerprint density at radius 2 is 1.91 bits per heavy atom. The summed E-state index contributed by atoms with van der Waals surface area (Å²) in [6.45, 7) is 1.47. The van der Waals surface area contributed by atoms with E-state index >= 15 is 0 Å². The molecule has 0 atom stereocenters. The third-order valence-corrected chi connectivity index (χ3v) is 6.36. The van der Waals surface area contributed by atoms with Gasteiger partial charge in [-0.15, -0.1) is 15.3 Å². The molecule has 4 aromatic rings. The monoisotopic (exact) mass is 454 g/mol. The van der Waals surface area contributed by atoms with Gasteiger partial charge in [0.15, 0.2) is 5.65 Å². The molecule has 0 spiro atoms. The number of hydrogen-bond donors (Lipinski definition) is 0. The number of aromatic nitrogens is 5. The van der Waals surface area contributed by atoms with Crippen molar-refractivity contribution in [3.05, 3.63) is 71.3 Å². The Hall–Kier alpha value is -3.65. The van der Waals surface area contributed by atoms with Crippen molar-refractivity contribution in [1.29, 1.82) is 0 Å². The second kappa shape index (κ2) is 8.95. The van der Waals surface area contributed by atoms with E-state index in [9.17, 15) is 0 Å². The minimum absolute atomic E-state index is 0.335. The molecule has 0 radical (unpaired) electrons. The molecular weight excluding hydrogens is 428 g/mol. The number of aliphatic imine (C=N–C) groups is 1. The molecule has 4 heterocycles. The van der Waals surface area contributed by atoms with Crippen LogP contribution in [0.3, 0.4) is 0 Å². The molecule has 1 aliphatic carbocycles. The van der Waals surface area contributed by atoms with Crippen LogP contribution in [0, 0.1) is 5.92 Å². The first kappa shape index (κ1) is 20.9. The van der Waals surface area contributed by atoms with Gasteiger partial charge in [-0.1, -0.05) is 37.1 Å². The second-order valence-electron chi connectivity index (χ2n) is 8.98. The normalized spacial score (nSPS) is 15.7. The number of benzene rings is 1. The maximum atomic E-state index is 6.18. The Morgan fingerprint density at radius 1 is 1.03 bits per heavy atom. The molecule has 34 heavy (non-hydrogen) atoms. The summed E-state index contributed by atoms with van der Waals surface area (Å²) in [6, 6.07) is 12.1. The minimum atomic E-state index is 0.335. The van der Waals surface area contributed by atoms with Gasteiger partial charge in [0.05, 0.1) is 18.8 Å². The quantitative estimate of drug-likeness (QED) is 0.380. The molecule has 172 valence electrons. The first-order chi connectivity index (χ1) is 16.8. The molecule has 0 bridgehead atoms. The number of fused-ring (bicyclic) bond motifs is 3. The topological polar surface area (TPSA) is 86.8 Å². The van der Waals surface area contributed by atoms with Crippen LogP contribution in [0.25, 0.3) is 16.4 Å². The predicted octanol–water partition coefficient (Wildman–Crippen LogP) is 3.97. The van der Waals surface area contributed by atoms with Crippen molar-refractivity contribution in [3.63, 3.8) is 0 Å².